The Morgan fingerprint density at radius 1 is 1.03 bits per heavy atom. The number of aryl methyl sites for hydroxylation is 1. The van der Waals surface area contributed by atoms with Gasteiger partial charge in [0.15, 0.2) is 5.65 Å². The highest BCUT2D eigenvalue weighted by atomic mass is 35.5. The second kappa shape index (κ2) is 7.62. The molecule has 1 aliphatic rings. The minimum absolute atomic E-state index is 0.0445. The van der Waals surface area contributed by atoms with Crippen LogP contribution >= 0.6 is 11.6 Å². The predicted molar refractivity (Wildman–Crippen MR) is 121 cm³/mol. The van der Waals surface area contributed by atoms with Crippen molar-refractivity contribution < 1.29 is 0 Å². The number of likely N-dealkylation sites (N-methyl/N-ethyl adjacent to an activating group) is 1. The third-order valence-electron chi connectivity index (χ3n) is 5.79. The molecule has 29 heavy (non-hydrogen) atoms. The highest BCUT2D eigenvalue weighted by molar-refractivity contribution is 6.30. The number of halogens is 1. The number of nitrogens with zero attached hydrogens (tertiary/aromatic N) is 5. The number of benzene rings is 1. The van der Waals surface area contributed by atoms with E-state index < -0.39 is 0 Å². The zero-order valence-corrected chi connectivity index (χ0v) is 18.8. The molecule has 1 saturated heterocycles. The standard InChI is InChI=1S/C23H30ClN5/c1-6-27-11-13-28(14-12-27)20-15-19(23(3,4)5)25-22-21(16(2)26-29(20)22)17-7-9-18(24)10-8-17/h7-10,15H,6,11-14H2,1-5H3. The monoisotopic (exact) mass is 411 g/mol. The van der Waals surface area contributed by atoms with Crippen molar-refractivity contribution in [1.82, 2.24) is 19.5 Å². The van der Waals surface area contributed by atoms with E-state index in [2.05, 4.69) is 62.6 Å². The van der Waals surface area contributed by atoms with Gasteiger partial charge in [-0.1, -0.05) is 51.4 Å². The minimum atomic E-state index is -0.0445. The summed E-state index contributed by atoms with van der Waals surface area (Å²) >= 11 is 6.12. The summed E-state index contributed by atoms with van der Waals surface area (Å²) in [5.41, 5.74) is 5.14. The van der Waals surface area contributed by atoms with Crippen LogP contribution in [0, 0.1) is 6.92 Å². The van der Waals surface area contributed by atoms with Gasteiger partial charge in [-0.2, -0.15) is 9.61 Å². The van der Waals surface area contributed by atoms with Gasteiger partial charge in [-0.25, -0.2) is 4.98 Å². The van der Waals surface area contributed by atoms with Crippen molar-refractivity contribution in [1.29, 1.82) is 0 Å². The zero-order valence-electron chi connectivity index (χ0n) is 18.0. The molecule has 6 heteroatoms. The summed E-state index contributed by atoms with van der Waals surface area (Å²) in [6, 6.07) is 10.2. The molecule has 1 aliphatic heterocycles. The van der Waals surface area contributed by atoms with Crippen LogP contribution in [-0.2, 0) is 5.41 Å². The largest absolute Gasteiger partial charge is 0.354 e. The van der Waals surface area contributed by atoms with E-state index >= 15 is 0 Å². The van der Waals surface area contributed by atoms with E-state index in [4.69, 9.17) is 21.7 Å². The highest BCUT2D eigenvalue weighted by Gasteiger charge is 2.25. The average Bonchev–Trinajstić information content (AvgIpc) is 3.03. The second-order valence-electron chi connectivity index (χ2n) is 8.87. The molecule has 1 aromatic carbocycles. The van der Waals surface area contributed by atoms with Gasteiger partial charge < -0.3 is 9.80 Å². The van der Waals surface area contributed by atoms with Crippen LogP contribution in [-0.4, -0.2) is 52.2 Å². The summed E-state index contributed by atoms with van der Waals surface area (Å²) in [5, 5.41) is 5.65. The molecule has 0 unspecified atom stereocenters. The third kappa shape index (κ3) is 3.86. The quantitative estimate of drug-likeness (QED) is 0.620. The Kier molecular flexibility index (Phi) is 5.30. The minimum Gasteiger partial charge on any atom is -0.354 e. The van der Waals surface area contributed by atoms with Gasteiger partial charge in [0.05, 0.1) is 11.4 Å². The molecule has 0 bridgehead atoms. The fourth-order valence-electron chi connectivity index (χ4n) is 3.97. The number of rotatable bonds is 3. The molecule has 0 radical (unpaired) electrons. The van der Waals surface area contributed by atoms with Gasteiger partial charge in [-0.15, -0.1) is 0 Å². The SMILES string of the molecule is CCN1CCN(c2cc(C(C)(C)C)nc3c(-c4ccc(Cl)cc4)c(C)nn23)CC1. The molecule has 3 heterocycles. The Morgan fingerprint density at radius 2 is 1.69 bits per heavy atom. The molecular weight excluding hydrogens is 382 g/mol. The van der Waals surface area contributed by atoms with Gasteiger partial charge in [-0.3, -0.25) is 0 Å². The van der Waals surface area contributed by atoms with Gasteiger partial charge in [0.25, 0.3) is 0 Å². The van der Waals surface area contributed by atoms with Crippen LogP contribution in [0.2, 0.25) is 5.02 Å². The first kappa shape index (κ1) is 20.2. The number of hydrogen-bond donors (Lipinski definition) is 0. The summed E-state index contributed by atoms with van der Waals surface area (Å²) < 4.78 is 2.04. The smallest absolute Gasteiger partial charge is 0.165 e. The van der Waals surface area contributed by atoms with Crippen molar-refractivity contribution >= 4 is 23.1 Å². The molecular formula is C23H30ClN5. The van der Waals surface area contributed by atoms with Crippen LogP contribution in [0.1, 0.15) is 39.1 Å². The van der Waals surface area contributed by atoms with E-state index in [-0.39, 0.29) is 5.41 Å². The Bertz CT molecular complexity index is 1010. The van der Waals surface area contributed by atoms with Gasteiger partial charge >= 0.3 is 0 Å². The summed E-state index contributed by atoms with van der Waals surface area (Å²) in [4.78, 5) is 10.0. The topological polar surface area (TPSA) is 36.7 Å². The Labute approximate surface area is 178 Å². The lowest BCUT2D eigenvalue weighted by molar-refractivity contribution is 0.270. The maximum atomic E-state index is 6.12. The Balaban J connectivity index is 1.89. The van der Waals surface area contributed by atoms with E-state index in [1.54, 1.807) is 0 Å². The van der Waals surface area contributed by atoms with Crippen molar-refractivity contribution in [3.63, 3.8) is 0 Å². The lowest BCUT2D eigenvalue weighted by atomic mass is 9.91. The second-order valence-corrected chi connectivity index (χ2v) is 9.31. The van der Waals surface area contributed by atoms with Crippen molar-refractivity contribution in [3.05, 3.63) is 46.7 Å². The maximum absolute atomic E-state index is 6.12. The number of fused-ring (bicyclic) bond motifs is 1. The van der Waals surface area contributed by atoms with E-state index in [0.717, 1.165) is 71.7 Å². The Hall–Kier alpha value is -2.11. The van der Waals surface area contributed by atoms with Crippen molar-refractivity contribution in [2.45, 2.75) is 40.0 Å². The van der Waals surface area contributed by atoms with E-state index in [1.165, 1.54) is 0 Å². The highest BCUT2D eigenvalue weighted by Crippen LogP contribution is 2.33. The molecule has 154 valence electrons. The number of anilines is 1. The van der Waals surface area contributed by atoms with Crippen LogP contribution in [0.25, 0.3) is 16.8 Å². The van der Waals surface area contributed by atoms with Crippen LogP contribution in [0.15, 0.2) is 30.3 Å². The molecule has 0 atom stereocenters. The molecule has 2 aromatic heterocycles. The molecule has 0 saturated carbocycles. The molecule has 4 rings (SSSR count). The fourth-order valence-corrected chi connectivity index (χ4v) is 4.09. The van der Waals surface area contributed by atoms with Crippen LogP contribution in [0.4, 0.5) is 5.82 Å². The lowest BCUT2D eigenvalue weighted by Crippen LogP contribution is -2.47. The first-order valence-electron chi connectivity index (χ1n) is 10.4. The average molecular weight is 412 g/mol. The molecule has 1 fully saturated rings. The van der Waals surface area contributed by atoms with Crippen LogP contribution in [0.3, 0.4) is 0 Å². The van der Waals surface area contributed by atoms with Gasteiger partial charge in [0, 0.05) is 48.2 Å². The normalized spacial score (nSPS) is 16.0. The van der Waals surface area contributed by atoms with Crippen molar-refractivity contribution in [2.24, 2.45) is 0 Å². The molecule has 0 aliphatic carbocycles. The van der Waals surface area contributed by atoms with Crippen LogP contribution in [0.5, 0.6) is 0 Å². The fraction of sp³-hybridized carbons (Fsp3) is 0.478. The maximum Gasteiger partial charge on any atom is 0.165 e. The van der Waals surface area contributed by atoms with Gasteiger partial charge in [0.2, 0.25) is 0 Å². The first-order chi connectivity index (χ1) is 13.8. The van der Waals surface area contributed by atoms with E-state index in [1.807, 2.05) is 16.6 Å². The van der Waals surface area contributed by atoms with Gasteiger partial charge in [0.1, 0.15) is 5.82 Å². The molecule has 3 aromatic rings. The summed E-state index contributed by atoms with van der Waals surface area (Å²) in [6.45, 7) is 16.2. The van der Waals surface area contributed by atoms with E-state index in [0.29, 0.717) is 0 Å². The Morgan fingerprint density at radius 3 is 2.28 bits per heavy atom. The summed E-state index contributed by atoms with van der Waals surface area (Å²) in [5.74, 6) is 1.14. The molecule has 0 N–H and O–H groups in total. The summed E-state index contributed by atoms with van der Waals surface area (Å²) in [6.07, 6.45) is 0. The van der Waals surface area contributed by atoms with Gasteiger partial charge in [-0.05, 0) is 31.2 Å². The first-order valence-corrected chi connectivity index (χ1v) is 10.8. The number of piperazine rings is 1. The number of aromatic nitrogens is 3. The lowest BCUT2D eigenvalue weighted by Gasteiger charge is -2.36. The number of hydrogen-bond acceptors (Lipinski definition) is 4. The van der Waals surface area contributed by atoms with Crippen molar-refractivity contribution in [2.75, 3.05) is 37.6 Å². The molecule has 5 nitrogen and oxygen atoms in total. The molecule has 0 spiro atoms. The van der Waals surface area contributed by atoms with E-state index in [9.17, 15) is 0 Å². The summed E-state index contributed by atoms with van der Waals surface area (Å²) in [7, 11) is 0. The predicted octanol–water partition coefficient (Wildman–Crippen LogP) is 4.80. The third-order valence-corrected chi connectivity index (χ3v) is 6.04. The van der Waals surface area contributed by atoms with Crippen LogP contribution < -0.4 is 4.90 Å². The molecule has 0 amide bonds. The van der Waals surface area contributed by atoms with Crippen molar-refractivity contribution in [3.8, 4) is 11.1 Å². The zero-order chi connectivity index (χ0) is 20.8.